The lowest BCUT2D eigenvalue weighted by Gasteiger charge is -2.13. The summed E-state index contributed by atoms with van der Waals surface area (Å²) < 4.78 is 7.57. The summed E-state index contributed by atoms with van der Waals surface area (Å²) in [5, 5.41) is 7.09. The maximum Gasteiger partial charge on any atom is 0.251 e. The van der Waals surface area contributed by atoms with Crippen molar-refractivity contribution in [1.29, 1.82) is 0 Å². The molecule has 0 saturated heterocycles. The Morgan fingerprint density at radius 3 is 2.58 bits per heavy atom. The lowest BCUT2D eigenvalue weighted by Crippen LogP contribution is -2.25. The monoisotopic (exact) mass is 349 g/mol. The van der Waals surface area contributed by atoms with Gasteiger partial charge in [0.15, 0.2) is 0 Å². The first-order valence-corrected chi connectivity index (χ1v) is 8.79. The van der Waals surface area contributed by atoms with E-state index in [9.17, 15) is 4.79 Å². The van der Waals surface area contributed by atoms with Crippen molar-refractivity contribution in [1.82, 2.24) is 15.1 Å². The van der Waals surface area contributed by atoms with Crippen LogP contribution in [0, 0.1) is 0 Å². The quantitative estimate of drug-likeness (QED) is 0.630. The summed E-state index contributed by atoms with van der Waals surface area (Å²) in [6, 6.07) is 19.4. The number of hydrogen-bond donors (Lipinski definition) is 1. The van der Waals surface area contributed by atoms with Crippen LogP contribution in [-0.2, 0) is 4.74 Å². The van der Waals surface area contributed by atoms with Crippen LogP contribution in [0.25, 0.3) is 5.69 Å². The average molecular weight is 349 g/mol. The third-order valence-corrected chi connectivity index (χ3v) is 4.14. The molecule has 1 atom stereocenters. The molecule has 1 unspecified atom stereocenters. The van der Waals surface area contributed by atoms with E-state index < -0.39 is 0 Å². The number of benzene rings is 2. The second kappa shape index (κ2) is 8.97. The third-order valence-electron chi connectivity index (χ3n) is 4.14. The summed E-state index contributed by atoms with van der Waals surface area (Å²) in [4.78, 5) is 12.2. The predicted molar refractivity (Wildman–Crippen MR) is 101 cm³/mol. The Morgan fingerprint density at radius 2 is 1.88 bits per heavy atom. The van der Waals surface area contributed by atoms with Gasteiger partial charge < -0.3 is 10.1 Å². The van der Waals surface area contributed by atoms with Gasteiger partial charge in [0.2, 0.25) is 0 Å². The van der Waals surface area contributed by atoms with Crippen molar-refractivity contribution >= 4 is 5.91 Å². The fourth-order valence-electron chi connectivity index (χ4n) is 2.64. The number of carbonyl (C=O) groups is 1. The highest BCUT2D eigenvalue weighted by molar-refractivity contribution is 5.94. The minimum atomic E-state index is -0.0758. The van der Waals surface area contributed by atoms with Crippen LogP contribution in [0.3, 0.4) is 0 Å². The number of rotatable bonds is 8. The molecule has 3 aromatic rings. The Morgan fingerprint density at radius 1 is 1.12 bits per heavy atom. The van der Waals surface area contributed by atoms with Crippen LogP contribution in [0.1, 0.15) is 35.4 Å². The highest BCUT2D eigenvalue weighted by Crippen LogP contribution is 2.15. The molecular weight excluding hydrogens is 326 g/mol. The Hall–Kier alpha value is -2.92. The van der Waals surface area contributed by atoms with Crippen LogP contribution in [0.4, 0.5) is 0 Å². The first-order valence-electron chi connectivity index (χ1n) is 8.79. The van der Waals surface area contributed by atoms with Gasteiger partial charge >= 0.3 is 0 Å². The molecule has 0 spiro atoms. The lowest BCUT2D eigenvalue weighted by molar-refractivity contribution is 0.0635. The summed E-state index contributed by atoms with van der Waals surface area (Å²) in [6.07, 6.45) is 4.42. The normalized spacial score (nSPS) is 11.9. The summed E-state index contributed by atoms with van der Waals surface area (Å²) in [7, 11) is 0. The van der Waals surface area contributed by atoms with Gasteiger partial charge in [0, 0.05) is 31.1 Å². The SMILES string of the molecule is CC(OCCCNC(=O)c1ccc(-n2cccn2)cc1)c1ccccc1. The van der Waals surface area contributed by atoms with E-state index in [0.29, 0.717) is 18.7 Å². The number of ether oxygens (including phenoxy) is 1. The van der Waals surface area contributed by atoms with Crippen molar-refractivity contribution < 1.29 is 9.53 Å². The highest BCUT2D eigenvalue weighted by atomic mass is 16.5. The van der Waals surface area contributed by atoms with Gasteiger partial charge in [-0.2, -0.15) is 5.10 Å². The van der Waals surface area contributed by atoms with Crippen LogP contribution in [0.15, 0.2) is 73.1 Å². The first-order chi connectivity index (χ1) is 12.7. The molecule has 0 aliphatic rings. The van der Waals surface area contributed by atoms with Crippen molar-refractivity contribution in [2.24, 2.45) is 0 Å². The zero-order valence-corrected chi connectivity index (χ0v) is 14.8. The van der Waals surface area contributed by atoms with Crippen LogP contribution < -0.4 is 5.32 Å². The van der Waals surface area contributed by atoms with E-state index >= 15 is 0 Å². The molecule has 0 bridgehead atoms. The third kappa shape index (κ3) is 4.80. The first kappa shape index (κ1) is 17.9. The topological polar surface area (TPSA) is 56.1 Å². The summed E-state index contributed by atoms with van der Waals surface area (Å²) in [5.41, 5.74) is 2.73. The molecule has 3 rings (SSSR count). The van der Waals surface area contributed by atoms with E-state index in [1.54, 1.807) is 23.0 Å². The van der Waals surface area contributed by atoms with Crippen LogP contribution in [0.2, 0.25) is 0 Å². The highest BCUT2D eigenvalue weighted by Gasteiger charge is 2.07. The average Bonchev–Trinajstić information content (AvgIpc) is 3.23. The fraction of sp³-hybridized carbons (Fsp3) is 0.238. The summed E-state index contributed by atoms with van der Waals surface area (Å²) in [5.74, 6) is -0.0758. The minimum Gasteiger partial charge on any atom is -0.374 e. The van der Waals surface area contributed by atoms with Crippen molar-refractivity contribution in [2.45, 2.75) is 19.4 Å². The molecule has 0 aliphatic heterocycles. The van der Waals surface area contributed by atoms with Crippen molar-refractivity contribution in [3.63, 3.8) is 0 Å². The molecule has 5 heteroatoms. The molecule has 134 valence electrons. The van der Waals surface area contributed by atoms with Gasteiger partial charge in [-0.05, 0) is 49.2 Å². The van der Waals surface area contributed by atoms with Gasteiger partial charge in [0.1, 0.15) is 0 Å². The van der Waals surface area contributed by atoms with Gasteiger partial charge in [0.25, 0.3) is 5.91 Å². The van der Waals surface area contributed by atoms with Gasteiger partial charge in [-0.15, -0.1) is 0 Å². The second-order valence-electron chi connectivity index (χ2n) is 6.03. The molecule has 1 aromatic heterocycles. The molecule has 0 aliphatic carbocycles. The van der Waals surface area contributed by atoms with E-state index in [4.69, 9.17) is 4.74 Å². The molecule has 0 fully saturated rings. The number of amides is 1. The zero-order chi connectivity index (χ0) is 18.2. The number of hydrogen-bond acceptors (Lipinski definition) is 3. The van der Waals surface area contributed by atoms with Gasteiger partial charge in [0.05, 0.1) is 11.8 Å². The Labute approximate surface area is 153 Å². The van der Waals surface area contributed by atoms with Gasteiger partial charge in [-0.3, -0.25) is 4.79 Å². The molecule has 1 amide bonds. The minimum absolute atomic E-state index is 0.0572. The van der Waals surface area contributed by atoms with Crippen molar-refractivity contribution in [3.8, 4) is 5.69 Å². The fourth-order valence-corrected chi connectivity index (χ4v) is 2.64. The van der Waals surface area contributed by atoms with Gasteiger partial charge in [-0.1, -0.05) is 30.3 Å². The summed E-state index contributed by atoms with van der Waals surface area (Å²) in [6.45, 7) is 3.23. The maximum atomic E-state index is 12.2. The Balaban J connectivity index is 1.39. The standard InChI is InChI=1S/C21H23N3O2/c1-17(18-7-3-2-4-8-18)26-16-6-13-22-21(25)19-9-11-20(12-10-19)24-15-5-14-23-24/h2-5,7-12,14-15,17H,6,13,16H2,1H3,(H,22,25). The van der Waals surface area contributed by atoms with Crippen molar-refractivity contribution in [3.05, 3.63) is 84.2 Å². The largest absolute Gasteiger partial charge is 0.374 e. The number of nitrogens with zero attached hydrogens (tertiary/aromatic N) is 2. The summed E-state index contributed by atoms with van der Waals surface area (Å²) >= 11 is 0. The second-order valence-corrected chi connectivity index (χ2v) is 6.03. The maximum absolute atomic E-state index is 12.2. The number of aromatic nitrogens is 2. The van der Waals surface area contributed by atoms with Crippen LogP contribution in [0.5, 0.6) is 0 Å². The molecule has 2 aromatic carbocycles. The number of carbonyl (C=O) groups excluding carboxylic acids is 1. The molecule has 1 N–H and O–H groups in total. The lowest BCUT2D eigenvalue weighted by atomic mass is 10.1. The molecular formula is C21H23N3O2. The smallest absolute Gasteiger partial charge is 0.251 e. The molecule has 0 saturated carbocycles. The van der Waals surface area contributed by atoms with E-state index in [1.807, 2.05) is 49.5 Å². The zero-order valence-electron chi connectivity index (χ0n) is 14.8. The Kier molecular flexibility index (Phi) is 6.17. The number of nitrogens with one attached hydrogen (secondary N) is 1. The van der Waals surface area contributed by atoms with Crippen LogP contribution >= 0.6 is 0 Å². The molecule has 5 nitrogen and oxygen atoms in total. The van der Waals surface area contributed by atoms with Gasteiger partial charge in [-0.25, -0.2) is 4.68 Å². The van der Waals surface area contributed by atoms with E-state index in [1.165, 1.54) is 0 Å². The van der Waals surface area contributed by atoms with E-state index in [2.05, 4.69) is 22.5 Å². The molecule has 1 heterocycles. The molecule has 0 radical (unpaired) electrons. The predicted octanol–water partition coefficient (Wildman–Crippen LogP) is 3.77. The van der Waals surface area contributed by atoms with E-state index in [0.717, 1.165) is 17.7 Å². The molecule has 26 heavy (non-hydrogen) atoms. The van der Waals surface area contributed by atoms with E-state index in [-0.39, 0.29) is 12.0 Å². The van der Waals surface area contributed by atoms with Crippen LogP contribution in [-0.4, -0.2) is 28.8 Å². The van der Waals surface area contributed by atoms with Crippen molar-refractivity contribution in [2.75, 3.05) is 13.2 Å². The Bertz CT molecular complexity index is 799.